The number of pyridine rings is 1. The smallest absolute Gasteiger partial charge is 0.251 e. The Morgan fingerprint density at radius 2 is 1.75 bits per heavy atom. The van der Waals surface area contributed by atoms with E-state index in [2.05, 4.69) is 10.3 Å². The lowest BCUT2D eigenvalue weighted by Crippen LogP contribution is -2.27. The number of carbonyl (C=O) groups excluding carboxylic acids is 2. The largest absolute Gasteiger partial charge is 0.356 e. The number of Topliss-reactive ketones (excluding diaryl/α,β-unsaturated/α-hetero) is 1. The zero-order valence-corrected chi connectivity index (χ0v) is 16.2. The van der Waals surface area contributed by atoms with Gasteiger partial charge in [0.1, 0.15) is 0 Å². The van der Waals surface area contributed by atoms with Gasteiger partial charge in [-0.3, -0.25) is 14.4 Å². The van der Waals surface area contributed by atoms with Gasteiger partial charge in [0.05, 0.1) is 0 Å². The molecule has 0 radical (unpaired) electrons. The van der Waals surface area contributed by atoms with E-state index < -0.39 is 0 Å². The van der Waals surface area contributed by atoms with Gasteiger partial charge >= 0.3 is 0 Å². The molecular formula is C23H24N2O3. The predicted octanol–water partition coefficient (Wildman–Crippen LogP) is 3.47. The van der Waals surface area contributed by atoms with E-state index in [4.69, 9.17) is 0 Å². The molecule has 0 saturated heterocycles. The molecule has 0 fully saturated rings. The lowest BCUT2D eigenvalue weighted by Gasteiger charge is -2.07. The molecule has 5 nitrogen and oxygen atoms in total. The Morgan fingerprint density at radius 1 is 0.964 bits per heavy atom. The number of carbonyl (C=O) groups is 2. The number of aryl methyl sites for hydroxylation is 2. The zero-order chi connectivity index (χ0) is 20.1. The average molecular weight is 376 g/mol. The van der Waals surface area contributed by atoms with Gasteiger partial charge in [0, 0.05) is 36.0 Å². The highest BCUT2D eigenvalue weighted by Crippen LogP contribution is 2.13. The molecule has 0 unspecified atom stereocenters. The molecule has 1 aromatic heterocycles. The third kappa shape index (κ3) is 4.74. The van der Waals surface area contributed by atoms with Crippen molar-refractivity contribution in [2.45, 2.75) is 33.1 Å². The first-order chi connectivity index (χ1) is 13.4. The number of para-hydroxylation sites is 1. The number of aromatic nitrogens is 1. The van der Waals surface area contributed by atoms with Crippen LogP contribution in [-0.2, 0) is 11.2 Å². The predicted molar refractivity (Wildman–Crippen MR) is 111 cm³/mol. The summed E-state index contributed by atoms with van der Waals surface area (Å²) in [6, 6.07) is 15.0. The van der Waals surface area contributed by atoms with Crippen LogP contribution in [0.5, 0.6) is 0 Å². The number of ketones is 1. The zero-order valence-electron chi connectivity index (χ0n) is 16.2. The van der Waals surface area contributed by atoms with Gasteiger partial charge in [-0.05, 0) is 55.0 Å². The van der Waals surface area contributed by atoms with Crippen LogP contribution in [0, 0.1) is 13.8 Å². The second-order valence-electron chi connectivity index (χ2n) is 7.03. The van der Waals surface area contributed by atoms with Gasteiger partial charge in [-0.1, -0.05) is 30.3 Å². The highest BCUT2D eigenvalue weighted by Gasteiger charge is 2.10. The summed E-state index contributed by atoms with van der Waals surface area (Å²) in [7, 11) is 0. The van der Waals surface area contributed by atoms with Crippen LogP contribution in [0.15, 0.2) is 53.3 Å². The molecule has 1 amide bonds. The minimum absolute atomic E-state index is 0.0378. The van der Waals surface area contributed by atoms with Crippen LogP contribution in [0.3, 0.4) is 0 Å². The summed E-state index contributed by atoms with van der Waals surface area (Å²) in [5, 5.41) is 3.75. The van der Waals surface area contributed by atoms with Crippen molar-refractivity contribution in [2.24, 2.45) is 0 Å². The van der Waals surface area contributed by atoms with E-state index in [-0.39, 0.29) is 30.1 Å². The molecule has 0 spiro atoms. The SMILES string of the molecule is Cc1ccc(C(=O)CCC(=O)NCCc2cc3ccccc3[nH]c2=O)cc1C. The molecule has 0 aliphatic heterocycles. The van der Waals surface area contributed by atoms with Gasteiger partial charge in [0.15, 0.2) is 5.78 Å². The Balaban J connectivity index is 1.49. The number of fused-ring (bicyclic) bond motifs is 1. The summed E-state index contributed by atoms with van der Waals surface area (Å²) in [5.74, 6) is -0.223. The second kappa shape index (κ2) is 8.65. The van der Waals surface area contributed by atoms with Gasteiger partial charge in [0.25, 0.3) is 5.56 Å². The number of benzene rings is 2. The summed E-state index contributed by atoms with van der Waals surface area (Å²) >= 11 is 0. The Morgan fingerprint density at radius 3 is 2.54 bits per heavy atom. The summed E-state index contributed by atoms with van der Waals surface area (Å²) in [6.07, 6.45) is 0.752. The molecule has 2 aromatic carbocycles. The van der Waals surface area contributed by atoms with Gasteiger partial charge < -0.3 is 10.3 Å². The maximum atomic E-state index is 12.3. The first-order valence-electron chi connectivity index (χ1n) is 9.42. The highest BCUT2D eigenvalue weighted by molar-refractivity contribution is 5.98. The molecule has 2 N–H and O–H groups in total. The van der Waals surface area contributed by atoms with Gasteiger partial charge in [0.2, 0.25) is 5.91 Å². The van der Waals surface area contributed by atoms with Crippen molar-refractivity contribution in [1.29, 1.82) is 0 Å². The van der Waals surface area contributed by atoms with E-state index in [1.54, 1.807) is 6.07 Å². The molecule has 28 heavy (non-hydrogen) atoms. The second-order valence-corrected chi connectivity index (χ2v) is 7.03. The number of rotatable bonds is 7. The van der Waals surface area contributed by atoms with Crippen LogP contribution in [-0.4, -0.2) is 23.2 Å². The fourth-order valence-electron chi connectivity index (χ4n) is 3.09. The van der Waals surface area contributed by atoms with Gasteiger partial charge in [-0.2, -0.15) is 0 Å². The van der Waals surface area contributed by atoms with Crippen molar-refractivity contribution < 1.29 is 9.59 Å². The lowest BCUT2D eigenvalue weighted by molar-refractivity contribution is -0.121. The van der Waals surface area contributed by atoms with Crippen molar-refractivity contribution in [3.63, 3.8) is 0 Å². The summed E-state index contributed by atoms with van der Waals surface area (Å²) in [5.41, 5.74) is 4.13. The molecular weight excluding hydrogens is 352 g/mol. The molecule has 0 saturated carbocycles. The monoisotopic (exact) mass is 376 g/mol. The van der Waals surface area contributed by atoms with E-state index in [0.717, 1.165) is 22.0 Å². The van der Waals surface area contributed by atoms with Crippen molar-refractivity contribution in [1.82, 2.24) is 10.3 Å². The van der Waals surface area contributed by atoms with Crippen molar-refractivity contribution in [2.75, 3.05) is 6.54 Å². The fraction of sp³-hybridized carbons (Fsp3) is 0.261. The Hall–Kier alpha value is -3.21. The normalized spacial score (nSPS) is 10.8. The standard InChI is InChI=1S/C23H24N2O3/c1-15-7-8-18(13-16(15)2)21(26)9-10-22(27)24-12-11-19-14-17-5-3-4-6-20(17)25-23(19)28/h3-8,13-14H,9-12H2,1-2H3,(H,24,27)(H,25,28). The minimum atomic E-state index is -0.186. The van der Waals surface area contributed by atoms with E-state index in [9.17, 15) is 14.4 Å². The highest BCUT2D eigenvalue weighted by atomic mass is 16.2. The van der Waals surface area contributed by atoms with Crippen LogP contribution in [0.2, 0.25) is 0 Å². The molecule has 3 aromatic rings. The van der Waals surface area contributed by atoms with E-state index in [0.29, 0.717) is 24.1 Å². The number of hydrogen-bond acceptors (Lipinski definition) is 3. The Bertz CT molecular complexity index is 1080. The number of amides is 1. The molecule has 144 valence electrons. The average Bonchev–Trinajstić information content (AvgIpc) is 2.68. The van der Waals surface area contributed by atoms with E-state index >= 15 is 0 Å². The molecule has 0 aliphatic rings. The van der Waals surface area contributed by atoms with Gasteiger partial charge in [-0.15, -0.1) is 0 Å². The molecule has 0 bridgehead atoms. The molecule has 0 atom stereocenters. The molecule has 5 heteroatoms. The van der Waals surface area contributed by atoms with Crippen LogP contribution in [0.4, 0.5) is 0 Å². The summed E-state index contributed by atoms with van der Waals surface area (Å²) in [6.45, 7) is 4.32. The maximum Gasteiger partial charge on any atom is 0.251 e. The quantitative estimate of drug-likeness (QED) is 0.620. The van der Waals surface area contributed by atoms with Crippen LogP contribution >= 0.6 is 0 Å². The van der Waals surface area contributed by atoms with Crippen molar-refractivity contribution >= 4 is 22.6 Å². The van der Waals surface area contributed by atoms with Crippen LogP contribution in [0.1, 0.15) is 39.9 Å². The summed E-state index contributed by atoms with van der Waals surface area (Å²) < 4.78 is 0. The van der Waals surface area contributed by atoms with E-state index in [1.165, 1.54) is 0 Å². The molecule has 0 aliphatic carbocycles. The molecule has 3 rings (SSSR count). The fourth-order valence-corrected chi connectivity index (χ4v) is 3.09. The third-order valence-electron chi connectivity index (χ3n) is 4.95. The number of nitrogens with one attached hydrogen (secondary N) is 2. The number of hydrogen-bond donors (Lipinski definition) is 2. The van der Waals surface area contributed by atoms with Crippen LogP contribution < -0.4 is 10.9 Å². The van der Waals surface area contributed by atoms with Gasteiger partial charge in [-0.25, -0.2) is 0 Å². The van der Waals surface area contributed by atoms with Crippen LogP contribution in [0.25, 0.3) is 10.9 Å². The van der Waals surface area contributed by atoms with E-state index in [1.807, 2.05) is 56.3 Å². The molecule has 1 heterocycles. The summed E-state index contributed by atoms with van der Waals surface area (Å²) in [4.78, 5) is 39.3. The first kappa shape index (κ1) is 19.5. The van der Waals surface area contributed by atoms with Crippen molar-refractivity contribution in [3.8, 4) is 0 Å². The lowest BCUT2D eigenvalue weighted by atomic mass is 10.0. The maximum absolute atomic E-state index is 12.3. The first-order valence-corrected chi connectivity index (χ1v) is 9.42. The Labute approximate surface area is 163 Å². The Kier molecular flexibility index (Phi) is 6.04. The minimum Gasteiger partial charge on any atom is -0.356 e. The number of aromatic amines is 1. The third-order valence-corrected chi connectivity index (χ3v) is 4.95. The topological polar surface area (TPSA) is 79.0 Å². The number of H-pyrrole nitrogens is 1. The van der Waals surface area contributed by atoms with Crippen molar-refractivity contribution in [3.05, 3.63) is 81.1 Å².